The molecular weight excluding hydrogens is 230 g/mol. The third-order valence-corrected chi connectivity index (χ3v) is 2.62. The molecule has 1 fully saturated rings. The third-order valence-electron chi connectivity index (χ3n) is 2.62. The minimum absolute atomic E-state index is 0.350. The van der Waals surface area contributed by atoms with Gasteiger partial charge in [-0.2, -0.15) is 8.78 Å². The summed E-state index contributed by atoms with van der Waals surface area (Å²) in [6, 6.07) is -0.453. The van der Waals surface area contributed by atoms with Crippen LogP contribution in [0, 0.1) is 0 Å². The molecule has 0 atom stereocenters. The summed E-state index contributed by atoms with van der Waals surface area (Å²) in [5, 5.41) is 0. The van der Waals surface area contributed by atoms with Crippen LogP contribution in [0.25, 0.3) is 0 Å². The molecule has 0 unspecified atom stereocenters. The van der Waals surface area contributed by atoms with Crippen LogP contribution in [0.3, 0.4) is 0 Å². The minimum Gasteiger partial charge on any atom is -0.381 e. The van der Waals surface area contributed by atoms with E-state index in [0.717, 1.165) is 7.05 Å². The second kappa shape index (κ2) is 4.99. The number of rotatable bonds is 3. The topological polar surface area (TPSA) is 29.5 Å². The van der Waals surface area contributed by atoms with E-state index in [4.69, 9.17) is 4.74 Å². The molecule has 0 aliphatic carbocycles. The number of carbonyl (C=O) groups excluding carboxylic acids is 1. The molecule has 0 spiro atoms. The standard InChI is InChI=1S/C9H13F4NO2/c1-14(6-2-4-16-5-3-6)8(15)9(12,13)7(10)11/h6-7H,2-5H2,1H3. The number of hydrogen-bond acceptors (Lipinski definition) is 2. The molecule has 1 amide bonds. The number of ether oxygens (including phenoxy) is 1. The first-order valence-electron chi connectivity index (χ1n) is 4.88. The van der Waals surface area contributed by atoms with Crippen molar-refractivity contribution in [2.75, 3.05) is 20.3 Å². The minimum atomic E-state index is -4.60. The van der Waals surface area contributed by atoms with Crippen LogP contribution in [0.4, 0.5) is 17.6 Å². The van der Waals surface area contributed by atoms with E-state index in [1.807, 2.05) is 0 Å². The molecule has 1 aliphatic heterocycles. The van der Waals surface area contributed by atoms with E-state index in [1.165, 1.54) is 0 Å². The van der Waals surface area contributed by atoms with Crippen LogP contribution in [0.1, 0.15) is 12.8 Å². The number of nitrogens with zero attached hydrogens (tertiary/aromatic N) is 1. The maximum atomic E-state index is 12.8. The fourth-order valence-corrected chi connectivity index (χ4v) is 1.57. The van der Waals surface area contributed by atoms with Crippen LogP contribution in [0.15, 0.2) is 0 Å². The van der Waals surface area contributed by atoms with Crippen molar-refractivity contribution in [2.45, 2.75) is 31.2 Å². The normalized spacial score (nSPS) is 18.9. The first-order chi connectivity index (χ1) is 7.37. The molecule has 7 heteroatoms. The Hall–Kier alpha value is -0.850. The van der Waals surface area contributed by atoms with E-state index < -0.39 is 24.3 Å². The van der Waals surface area contributed by atoms with Crippen molar-refractivity contribution in [3.8, 4) is 0 Å². The molecule has 1 heterocycles. The summed E-state index contributed by atoms with van der Waals surface area (Å²) >= 11 is 0. The Balaban J connectivity index is 2.65. The van der Waals surface area contributed by atoms with Crippen molar-refractivity contribution in [3.05, 3.63) is 0 Å². The van der Waals surface area contributed by atoms with E-state index in [9.17, 15) is 22.4 Å². The average molecular weight is 243 g/mol. The molecule has 0 aromatic rings. The molecule has 1 rings (SSSR count). The van der Waals surface area contributed by atoms with Gasteiger partial charge in [0.05, 0.1) is 0 Å². The Morgan fingerprint density at radius 2 is 1.88 bits per heavy atom. The van der Waals surface area contributed by atoms with Crippen LogP contribution in [-0.4, -0.2) is 49.5 Å². The van der Waals surface area contributed by atoms with Crippen molar-refractivity contribution in [2.24, 2.45) is 0 Å². The fourth-order valence-electron chi connectivity index (χ4n) is 1.57. The van der Waals surface area contributed by atoms with Gasteiger partial charge in [-0.1, -0.05) is 0 Å². The van der Waals surface area contributed by atoms with Gasteiger partial charge in [-0.15, -0.1) is 0 Å². The SMILES string of the molecule is CN(C(=O)C(F)(F)C(F)F)C1CCOCC1. The van der Waals surface area contributed by atoms with Crippen LogP contribution in [-0.2, 0) is 9.53 Å². The molecule has 0 aromatic carbocycles. The number of carbonyl (C=O) groups is 1. The zero-order chi connectivity index (χ0) is 12.3. The lowest BCUT2D eigenvalue weighted by Crippen LogP contribution is -2.51. The van der Waals surface area contributed by atoms with Crippen molar-refractivity contribution in [1.29, 1.82) is 0 Å². The molecule has 3 nitrogen and oxygen atoms in total. The number of amides is 1. The summed E-state index contributed by atoms with van der Waals surface area (Å²) in [6.07, 6.45) is -3.19. The first-order valence-corrected chi connectivity index (χ1v) is 4.88. The number of hydrogen-bond donors (Lipinski definition) is 0. The zero-order valence-corrected chi connectivity index (χ0v) is 8.76. The molecule has 1 aliphatic rings. The van der Waals surface area contributed by atoms with E-state index >= 15 is 0 Å². The summed E-state index contributed by atoms with van der Waals surface area (Å²) in [4.78, 5) is 11.9. The first kappa shape index (κ1) is 13.2. The van der Waals surface area contributed by atoms with Crippen molar-refractivity contribution < 1.29 is 27.1 Å². The van der Waals surface area contributed by atoms with Gasteiger partial charge in [-0.25, -0.2) is 8.78 Å². The lowest BCUT2D eigenvalue weighted by atomic mass is 10.1. The summed E-state index contributed by atoms with van der Waals surface area (Å²) in [6.45, 7) is 0.699. The van der Waals surface area contributed by atoms with Crippen LogP contribution >= 0.6 is 0 Å². The molecule has 0 bridgehead atoms. The zero-order valence-electron chi connectivity index (χ0n) is 8.76. The van der Waals surface area contributed by atoms with Crippen LogP contribution in [0.5, 0.6) is 0 Å². The van der Waals surface area contributed by atoms with Crippen molar-refractivity contribution >= 4 is 5.91 Å². The predicted molar refractivity (Wildman–Crippen MR) is 47.6 cm³/mol. The lowest BCUT2D eigenvalue weighted by Gasteiger charge is -2.33. The van der Waals surface area contributed by atoms with Gasteiger partial charge in [0.2, 0.25) is 0 Å². The molecule has 94 valence electrons. The van der Waals surface area contributed by atoms with E-state index in [2.05, 4.69) is 0 Å². The van der Waals surface area contributed by atoms with Gasteiger partial charge >= 0.3 is 12.3 Å². The monoisotopic (exact) mass is 243 g/mol. The Morgan fingerprint density at radius 3 is 2.31 bits per heavy atom. The van der Waals surface area contributed by atoms with E-state index in [1.54, 1.807) is 0 Å². The Kier molecular flexibility index (Phi) is 4.12. The lowest BCUT2D eigenvalue weighted by molar-refractivity contribution is -0.182. The van der Waals surface area contributed by atoms with Gasteiger partial charge in [0.1, 0.15) is 0 Å². The van der Waals surface area contributed by atoms with Crippen LogP contribution in [0.2, 0.25) is 0 Å². The highest BCUT2D eigenvalue weighted by molar-refractivity contribution is 5.84. The molecular formula is C9H13F4NO2. The van der Waals surface area contributed by atoms with Gasteiger partial charge in [-0.3, -0.25) is 4.79 Å². The summed E-state index contributed by atoms with van der Waals surface area (Å²) < 4.78 is 54.5. The van der Waals surface area contributed by atoms with Gasteiger partial charge in [0, 0.05) is 26.3 Å². The Bertz CT molecular complexity index is 254. The molecule has 16 heavy (non-hydrogen) atoms. The molecule has 0 radical (unpaired) electrons. The largest absolute Gasteiger partial charge is 0.383 e. The predicted octanol–water partition coefficient (Wildman–Crippen LogP) is 1.52. The summed E-state index contributed by atoms with van der Waals surface area (Å²) in [5.74, 6) is -6.43. The highest BCUT2D eigenvalue weighted by Crippen LogP contribution is 2.27. The quantitative estimate of drug-likeness (QED) is 0.703. The van der Waals surface area contributed by atoms with Crippen molar-refractivity contribution in [1.82, 2.24) is 4.90 Å². The van der Waals surface area contributed by atoms with E-state index in [0.29, 0.717) is 31.0 Å². The Morgan fingerprint density at radius 1 is 1.38 bits per heavy atom. The van der Waals surface area contributed by atoms with Gasteiger partial charge in [0.15, 0.2) is 0 Å². The summed E-state index contributed by atoms with van der Waals surface area (Å²) in [7, 11) is 1.12. The smallest absolute Gasteiger partial charge is 0.381 e. The molecule has 0 N–H and O–H groups in total. The third kappa shape index (κ3) is 2.63. The van der Waals surface area contributed by atoms with Crippen LogP contribution < -0.4 is 0 Å². The molecule has 0 saturated carbocycles. The maximum absolute atomic E-state index is 12.8. The Labute approximate surface area is 90.3 Å². The molecule has 1 saturated heterocycles. The van der Waals surface area contributed by atoms with Crippen molar-refractivity contribution in [3.63, 3.8) is 0 Å². The van der Waals surface area contributed by atoms with Gasteiger partial charge < -0.3 is 9.64 Å². The van der Waals surface area contributed by atoms with Gasteiger partial charge in [0.25, 0.3) is 5.91 Å². The second-order valence-corrected chi connectivity index (χ2v) is 3.68. The van der Waals surface area contributed by atoms with Gasteiger partial charge in [-0.05, 0) is 12.8 Å². The number of alkyl halides is 4. The number of halogens is 4. The summed E-state index contributed by atoms with van der Waals surface area (Å²) in [5.41, 5.74) is 0. The van der Waals surface area contributed by atoms with E-state index in [-0.39, 0.29) is 0 Å². The maximum Gasteiger partial charge on any atom is 0.383 e. The highest BCUT2D eigenvalue weighted by Gasteiger charge is 2.51. The average Bonchev–Trinajstić information content (AvgIpc) is 2.28. The highest BCUT2D eigenvalue weighted by atomic mass is 19.3. The molecule has 0 aromatic heterocycles. The fraction of sp³-hybridized carbons (Fsp3) is 0.889. The second-order valence-electron chi connectivity index (χ2n) is 3.68.